The molecule has 0 aromatic carbocycles. The minimum Gasteiger partial charge on any atom is -0.465 e. The van der Waals surface area contributed by atoms with Gasteiger partial charge in [-0.15, -0.1) is 0 Å². The third-order valence-electron chi connectivity index (χ3n) is 2.67. The van der Waals surface area contributed by atoms with Crippen LogP contribution in [-0.4, -0.2) is 36.7 Å². The SMILES string of the molecule is CCOC(=O)C(CCC/C=C/C(=O)OC(C)(C)C)C(=O)OCC. The standard InChI is InChI=1S/C17H28O6/c1-6-21-15(19)13(16(20)22-7-2)11-9-8-10-12-14(18)23-17(3,4)5/h10,12-13H,6-9,11H2,1-5H3/b12-10+. The third kappa shape index (κ3) is 10.5. The van der Waals surface area contributed by atoms with E-state index in [1.165, 1.54) is 6.08 Å². The number of allylic oxidation sites excluding steroid dienone is 1. The molecule has 23 heavy (non-hydrogen) atoms. The first-order valence-electron chi connectivity index (χ1n) is 7.94. The first kappa shape index (κ1) is 21.1. The first-order valence-corrected chi connectivity index (χ1v) is 7.94. The zero-order chi connectivity index (χ0) is 17.9. The van der Waals surface area contributed by atoms with Gasteiger partial charge in [0.25, 0.3) is 0 Å². The molecule has 132 valence electrons. The van der Waals surface area contributed by atoms with Crippen molar-refractivity contribution in [1.82, 2.24) is 0 Å². The fourth-order valence-electron chi connectivity index (χ4n) is 1.77. The average molecular weight is 328 g/mol. The lowest BCUT2D eigenvalue weighted by molar-refractivity contribution is -0.162. The van der Waals surface area contributed by atoms with E-state index in [2.05, 4.69) is 0 Å². The van der Waals surface area contributed by atoms with Crippen molar-refractivity contribution in [2.45, 2.75) is 59.5 Å². The van der Waals surface area contributed by atoms with E-state index in [1.807, 2.05) is 0 Å². The monoisotopic (exact) mass is 328 g/mol. The summed E-state index contributed by atoms with van der Waals surface area (Å²) in [4.78, 5) is 35.0. The van der Waals surface area contributed by atoms with Gasteiger partial charge in [0.15, 0.2) is 5.92 Å². The Labute approximate surface area is 138 Å². The molecule has 0 aliphatic carbocycles. The summed E-state index contributed by atoms with van der Waals surface area (Å²) in [5, 5.41) is 0. The maximum Gasteiger partial charge on any atom is 0.330 e. The summed E-state index contributed by atoms with van der Waals surface area (Å²) < 4.78 is 14.9. The number of hydrogen-bond acceptors (Lipinski definition) is 6. The van der Waals surface area contributed by atoms with Gasteiger partial charge in [-0.2, -0.15) is 0 Å². The molecule has 0 aliphatic heterocycles. The summed E-state index contributed by atoms with van der Waals surface area (Å²) >= 11 is 0. The molecule has 6 nitrogen and oxygen atoms in total. The van der Waals surface area contributed by atoms with Gasteiger partial charge in [0.1, 0.15) is 5.60 Å². The Morgan fingerprint density at radius 2 is 1.52 bits per heavy atom. The van der Waals surface area contributed by atoms with Crippen LogP contribution in [0.3, 0.4) is 0 Å². The molecule has 0 aromatic heterocycles. The van der Waals surface area contributed by atoms with Gasteiger partial charge < -0.3 is 14.2 Å². The number of unbranched alkanes of at least 4 members (excludes halogenated alkanes) is 1. The second-order valence-electron chi connectivity index (χ2n) is 5.92. The Balaban J connectivity index is 4.34. The fraction of sp³-hybridized carbons (Fsp3) is 0.706. The molecule has 0 N–H and O–H groups in total. The van der Waals surface area contributed by atoms with Crippen molar-refractivity contribution in [2.24, 2.45) is 5.92 Å². The number of carbonyl (C=O) groups excluding carboxylic acids is 3. The van der Waals surface area contributed by atoms with E-state index in [1.54, 1.807) is 40.7 Å². The number of esters is 3. The van der Waals surface area contributed by atoms with Gasteiger partial charge in [-0.1, -0.05) is 6.08 Å². The molecule has 0 heterocycles. The largest absolute Gasteiger partial charge is 0.465 e. The Morgan fingerprint density at radius 3 is 1.96 bits per heavy atom. The highest BCUT2D eigenvalue weighted by atomic mass is 16.6. The quantitative estimate of drug-likeness (QED) is 0.213. The van der Waals surface area contributed by atoms with E-state index < -0.39 is 29.4 Å². The summed E-state index contributed by atoms with van der Waals surface area (Å²) in [7, 11) is 0. The molecule has 0 aliphatic rings. The normalized spacial score (nSPS) is 11.6. The Hall–Kier alpha value is -1.85. The van der Waals surface area contributed by atoms with Crippen LogP contribution in [0.25, 0.3) is 0 Å². The average Bonchev–Trinajstić information content (AvgIpc) is 2.41. The number of rotatable bonds is 9. The molecule has 0 rings (SSSR count). The lowest BCUT2D eigenvalue weighted by Crippen LogP contribution is -2.28. The van der Waals surface area contributed by atoms with Crippen LogP contribution in [0.2, 0.25) is 0 Å². The van der Waals surface area contributed by atoms with Crippen LogP contribution < -0.4 is 0 Å². The van der Waals surface area contributed by atoms with Gasteiger partial charge in [-0.25, -0.2) is 4.79 Å². The summed E-state index contributed by atoms with van der Waals surface area (Å²) in [6, 6.07) is 0. The van der Waals surface area contributed by atoms with E-state index in [0.717, 1.165) is 0 Å². The smallest absolute Gasteiger partial charge is 0.330 e. The highest BCUT2D eigenvalue weighted by Gasteiger charge is 2.28. The highest BCUT2D eigenvalue weighted by Crippen LogP contribution is 2.14. The molecule has 0 aromatic rings. The fourth-order valence-corrected chi connectivity index (χ4v) is 1.77. The summed E-state index contributed by atoms with van der Waals surface area (Å²) in [6.45, 7) is 9.18. The van der Waals surface area contributed by atoms with Gasteiger partial charge in [-0.3, -0.25) is 9.59 Å². The Bertz CT molecular complexity index is 401. The molecule has 0 saturated carbocycles. The molecule has 0 amide bonds. The first-order chi connectivity index (χ1) is 10.7. The highest BCUT2D eigenvalue weighted by molar-refractivity contribution is 5.94. The molecule has 6 heteroatoms. The Morgan fingerprint density at radius 1 is 1.00 bits per heavy atom. The van der Waals surface area contributed by atoms with Crippen molar-refractivity contribution in [3.63, 3.8) is 0 Å². The van der Waals surface area contributed by atoms with Crippen LogP contribution in [0, 0.1) is 5.92 Å². The molecule has 0 unspecified atom stereocenters. The van der Waals surface area contributed by atoms with E-state index in [0.29, 0.717) is 19.3 Å². The van der Waals surface area contributed by atoms with Gasteiger partial charge in [-0.05, 0) is 53.9 Å². The number of hydrogen-bond donors (Lipinski definition) is 0. The van der Waals surface area contributed by atoms with Crippen molar-refractivity contribution in [3.8, 4) is 0 Å². The number of carbonyl (C=O) groups is 3. The van der Waals surface area contributed by atoms with Crippen molar-refractivity contribution >= 4 is 17.9 Å². The van der Waals surface area contributed by atoms with E-state index in [9.17, 15) is 14.4 Å². The summed E-state index contributed by atoms with van der Waals surface area (Å²) in [5.41, 5.74) is -0.527. The summed E-state index contributed by atoms with van der Waals surface area (Å²) in [5.74, 6) is -2.46. The van der Waals surface area contributed by atoms with Crippen molar-refractivity contribution in [3.05, 3.63) is 12.2 Å². The van der Waals surface area contributed by atoms with Crippen LogP contribution >= 0.6 is 0 Å². The van der Waals surface area contributed by atoms with Crippen LogP contribution in [0.5, 0.6) is 0 Å². The molecule has 0 spiro atoms. The predicted molar refractivity (Wildman–Crippen MR) is 85.6 cm³/mol. The Kier molecular flexibility index (Phi) is 9.94. The van der Waals surface area contributed by atoms with E-state index >= 15 is 0 Å². The van der Waals surface area contributed by atoms with Crippen LogP contribution in [0.1, 0.15) is 53.9 Å². The predicted octanol–water partition coefficient (Wildman–Crippen LogP) is 2.80. The second-order valence-corrected chi connectivity index (χ2v) is 5.92. The van der Waals surface area contributed by atoms with Crippen LogP contribution in [0.15, 0.2) is 12.2 Å². The zero-order valence-corrected chi connectivity index (χ0v) is 14.7. The van der Waals surface area contributed by atoms with Gasteiger partial charge >= 0.3 is 17.9 Å². The topological polar surface area (TPSA) is 78.9 Å². The maximum atomic E-state index is 11.8. The molecule has 0 saturated heterocycles. The van der Waals surface area contributed by atoms with Gasteiger partial charge in [0.2, 0.25) is 0 Å². The minimum absolute atomic E-state index is 0.216. The molecular formula is C17H28O6. The van der Waals surface area contributed by atoms with Crippen molar-refractivity contribution in [2.75, 3.05) is 13.2 Å². The van der Waals surface area contributed by atoms with Crippen LogP contribution in [0.4, 0.5) is 0 Å². The third-order valence-corrected chi connectivity index (χ3v) is 2.67. The summed E-state index contributed by atoms with van der Waals surface area (Å²) in [6.07, 6.45) is 4.45. The van der Waals surface area contributed by atoms with Crippen LogP contribution in [-0.2, 0) is 28.6 Å². The lowest BCUT2D eigenvalue weighted by atomic mass is 10.0. The zero-order valence-electron chi connectivity index (χ0n) is 14.7. The van der Waals surface area contributed by atoms with Crippen molar-refractivity contribution < 1.29 is 28.6 Å². The van der Waals surface area contributed by atoms with Gasteiger partial charge in [0.05, 0.1) is 13.2 Å². The van der Waals surface area contributed by atoms with E-state index in [4.69, 9.17) is 14.2 Å². The van der Waals surface area contributed by atoms with Gasteiger partial charge in [0, 0.05) is 6.08 Å². The number of ether oxygens (including phenoxy) is 3. The molecule has 0 atom stereocenters. The second kappa shape index (κ2) is 10.8. The van der Waals surface area contributed by atoms with E-state index in [-0.39, 0.29) is 13.2 Å². The van der Waals surface area contributed by atoms with Crippen molar-refractivity contribution in [1.29, 1.82) is 0 Å². The molecule has 0 radical (unpaired) electrons. The molecule has 0 bridgehead atoms. The maximum absolute atomic E-state index is 11.8. The molecular weight excluding hydrogens is 300 g/mol. The lowest BCUT2D eigenvalue weighted by Gasteiger charge is -2.17. The minimum atomic E-state index is -0.912. The molecule has 0 fully saturated rings.